The lowest BCUT2D eigenvalue weighted by molar-refractivity contribution is -0.103. The highest BCUT2D eigenvalue weighted by molar-refractivity contribution is 7.40. The van der Waals surface area contributed by atoms with Crippen LogP contribution in [0.25, 0.3) is 0 Å². The van der Waals surface area contributed by atoms with Gasteiger partial charge in [0.15, 0.2) is 0 Å². The van der Waals surface area contributed by atoms with E-state index in [9.17, 15) is 4.89 Å². The van der Waals surface area contributed by atoms with E-state index in [0.717, 1.165) is 12.8 Å². The largest absolute Gasteiger partial charge is 0.396 e. The molecule has 0 saturated carbocycles. The molecular formula is C46H97O10P. The molecular weight excluding hydrogens is 743 g/mol. The molecule has 0 aliphatic rings. The van der Waals surface area contributed by atoms with Gasteiger partial charge in [-0.3, -0.25) is 0 Å². The van der Waals surface area contributed by atoms with Crippen molar-refractivity contribution >= 4 is 8.60 Å². The molecule has 57 heavy (non-hydrogen) atoms. The van der Waals surface area contributed by atoms with Gasteiger partial charge in [0.25, 0.3) is 0 Å². The maximum absolute atomic E-state index is 9.92. The van der Waals surface area contributed by atoms with Crippen LogP contribution in [0.3, 0.4) is 0 Å². The van der Waals surface area contributed by atoms with Crippen LogP contribution in [0, 0.1) is 10.8 Å². The van der Waals surface area contributed by atoms with Crippen molar-refractivity contribution in [1.82, 2.24) is 0 Å². The van der Waals surface area contributed by atoms with Crippen molar-refractivity contribution in [2.24, 2.45) is 10.8 Å². The van der Waals surface area contributed by atoms with Gasteiger partial charge in [-0.05, 0) is 12.8 Å². The first-order valence-electron chi connectivity index (χ1n) is 23.9. The van der Waals surface area contributed by atoms with Gasteiger partial charge in [-0.15, -0.1) is 0 Å². The molecule has 0 radical (unpaired) electrons. The molecule has 0 unspecified atom stereocenters. The second-order valence-electron chi connectivity index (χ2n) is 17.0. The van der Waals surface area contributed by atoms with Gasteiger partial charge in [-0.1, -0.05) is 206 Å². The topological polar surface area (TPSA) is 169 Å². The van der Waals surface area contributed by atoms with E-state index in [1.54, 1.807) is 0 Å². The Morgan fingerprint density at radius 3 is 0.702 bits per heavy atom. The summed E-state index contributed by atoms with van der Waals surface area (Å²) in [5.41, 5.74) is -2.32. The van der Waals surface area contributed by atoms with Gasteiger partial charge in [0.2, 0.25) is 0 Å². The molecule has 0 bridgehead atoms. The summed E-state index contributed by atoms with van der Waals surface area (Å²) >= 11 is 0. The van der Waals surface area contributed by atoms with Crippen LogP contribution in [-0.2, 0) is 13.8 Å². The molecule has 0 amide bonds. The van der Waals surface area contributed by atoms with Crippen molar-refractivity contribution in [2.45, 2.75) is 219 Å². The molecule has 0 heterocycles. The number of aliphatic hydroxyl groups is 6. The summed E-state index contributed by atoms with van der Waals surface area (Å²) in [4.78, 5) is 9.92. The van der Waals surface area contributed by atoms with Crippen molar-refractivity contribution in [3.05, 3.63) is 0 Å². The zero-order valence-corrected chi connectivity index (χ0v) is 38.4. The van der Waals surface area contributed by atoms with Crippen LogP contribution in [0.15, 0.2) is 0 Å². The zero-order chi connectivity index (χ0) is 42.4. The lowest BCUT2D eigenvalue weighted by Gasteiger charge is -2.31. The second kappa shape index (κ2) is 47.1. The summed E-state index contributed by atoms with van der Waals surface area (Å²) in [6.45, 7) is 2.85. The summed E-state index contributed by atoms with van der Waals surface area (Å²) < 4.78 is 16.1. The standard InChI is InChI=1S/C36H75O3P.C10H22O7/c1-3-5-7-9-11-13-15-17-19-21-23-25-27-29-31-33-35-38-40(37)39-36-34-32-30-28-26-24-22-20-18-16-14-12-10-8-6-4-2;11-1-9(2-12,3-13)7-17-8-10(4-14,5-15)6-16/h37H,3-36H2,1-2H3;11-16H,1-8H2. The number of hydrogen-bond acceptors (Lipinski definition) is 10. The molecule has 0 aliphatic carbocycles. The van der Waals surface area contributed by atoms with Gasteiger partial charge in [0, 0.05) is 0 Å². The number of rotatable bonds is 46. The van der Waals surface area contributed by atoms with E-state index in [2.05, 4.69) is 13.8 Å². The predicted octanol–water partition coefficient (Wildman–Crippen LogP) is 10.7. The third kappa shape index (κ3) is 39.9. The molecule has 0 atom stereocenters. The van der Waals surface area contributed by atoms with Crippen molar-refractivity contribution in [1.29, 1.82) is 0 Å². The minimum Gasteiger partial charge on any atom is -0.396 e. The smallest absolute Gasteiger partial charge is 0.329 e. The molecule has 0 saturated heterocycles. The summed E-state index contributed by atoms with van der Waals surface area (Å²) in [5, 5.41) is 54.2. The third-order valence-electron chi connectivity index (χ3n) is 11.2. The first-order chi connectivity index (χ1) is 27.9. The van der Waals surface area contributed by atoms with E-state index in [0.29, 0.717) is 13.2 Å². The minimum absolute atomic E-state index is 0.141. The van der Waals surface area contributed by atoms with E-state index in [1.807, 2.05) is 0 Å². The van der Waals surface area contributed by atoms with E-state index in [1.165, 1.54) is 193 Å². The fraction of sp³-hybridized carbons (Fsp3) is 1.00. The molecule has 7 N–H and O–H groups in total. The summed E-state index contributed by atoms with van der Waals surface area (Å²) in [6, 6.07) is 0. The highest BCUT2D eigenvalue weighted by Crippen LogP contribution is 2.33. The molecule has 11 heteroatoms. The summed E-state index contributed by atoms with van der Waals surface area (Å²) in [6.07, 6.45) is 44.0. The van der Waals surface area contributed by atoms with E-state index < -0.39 is 59.1 Å². The van der Waals surface area contributed by atoms with Crippen LogP contribution in [0.1, 0.15) is 219 Å². The van der Waals surface area contributed by atoms with Gasteiger partial charge in [0.1, 0.15) is 0 Å². The van der Waals surface area contributed by atoms with E-state index in [-0.39, 0.29) is 13.2 Å². The molecule has 0 fully saturated rings. The Bertz CT molecular complexity index is 667. The molecule has 0 rings (SSSR count). The van der Waals surface area contributed by atoms with Crippen LogP contribution in [0.4, 0.5) is 0 Å². The number of ether oxygens (including phenoxy) is 1. The van der Waals surface area contributed by atoms with Crippen LogP contribution < -0.4 is 0 Å². The first-order valence-corrected chi connectivity index (χ1v) is 25.0. The Labute approximate surface area is 353 Å². The molecule has 10 nitrogen and oxygen atoms in total. The fourth-order valence-electron chi connectivity index (χ4n) is 6.68. The highest BCUT2D eigenvalue weighted by Gasteiger charge is 2.32. The van der Waals surface area contributed by atoms with Crippen LogP contribution in [0.2, 0.25) is 0 Å². The molecule has 0 aromatic carbocycles. The highest BCUT2D eigenvalue weighted by atomic mass is 31.2. The van der Waals surface area contributed by atoms with Crippen molar-refractivity contribution in [3.63, 3.8) is 0 Å². The van der Waals surface area contributed by atoms with E-state index >= 15 is 0 Å². The number of aliphatic hydroxyl groups excluding tert-OH is 6. The zero-order valence-electron chi connectivity index (χ0n) is 37.5. The third-order valence-corrected chi connectivity index (χ3v) is 12.0. The van der Waals surface area contributed by atoms with Crippen molar-refractivity contribution < 1.29 is 49.3 Å². The average molecular weight is 841 g/mol. The van der Waals surface area contributed by atoms with Crippen LogP contribution in [0.5, 0.6) is 0 Å². The summed E-state index contributed by atoms with van der Waals surface area (Å²) in [7, 11) is -1.67. The maximum Gasteiger partial charge on any atom is 0.329 e. The fourth-order valence-corrected chi connectivity index (χ4v) is 7.33. The first kappa shape index (κ1) is 59.1. The van der Waals surface area contributed by atoms with Gasteiger partial charge in [-0.25, -0.2) is 0 Å². The minimum atomic E-state index is -1.67. The molecule has 0 aromatic heterocycles. The van der Waals surface area contributed by atoms with Crippen LogP contribution in [-0.4, -0.2) is 102 Å². The Hall–Kier alpha value is 0.0300. The Balaban J connectivity index is 0. The van der Waals surface area contributed by atoms with Gasteiger partial charge in [0.05, 0.1) is 76.9 Å². The van der Waals surface area contributed by atoms with Gasteiger partial charge >= 0.3 is 8.60 Å². The molecule has 0 spiro atoms. The second-order valence-corrected chi connectivity index (χ2v) is 17.9. The number of hydrogen-bond donors (Lipinski definition) is 7. The lowest BCUT2D eigenvalue weighted by Crippen LogP contribution is -2.43. The van der Waals surface area contributed by atoms with E-state index in [4.69, 9.17) is 44.4 Å². The molecule has 346 valence electrons. The molecule has 0 aliphatic heterocycles. The SMILES string of the molecule is CCCCCCCCCCCCCCCCCCOP(O)OCCCCCCCCCCCCCCCCCC.OCC(CO)(CO)COCC(CO)(CO)CO. The van der Waals surface area contributed by atoms with Crippen molar-refractivity contribution in [2.75, 3.05) is 66.1 Å². The van der Waals surface area contributed by atoms with Crippen LogP contribution >= 0.6 is 8.60 Å². The predicted molar refractivity (Wildman–Crippen MR) is 238 cm³/mol. The monoisotopic (exact) mass is 841 g/mol. The van der Waals surface area contributed by atoms with Gasteiger partial charge < -0.3 is 49.3 Å². The Morgan fingerprint density at radius 1 is 0.316 bits per heavy atom. The number of unbranched alkanes of at least 4 members (excludes halogenated alkanes) is 30. The average Bonchev–Trinajstić information content (AvgIpc) is 3.24. The molecule has 0 aromatic rings. The Kier molecular flexibility index (Phi) is 48.8. The normalized spacial score (nSPS) is 12.1. The lowest BCUT2D eigenvalue weighted by atomic mass is 9.91. The Morgan fingerprint density at radius 2 is 0.509 bits per heavy atom. The van der Waals surface area contributed by atoms with Crippen molar-refractivity contribution in [3.8, 4) is 0 Å². The maximum atomic E-state index is 9.92. The quantitative estimate of drug-likeness (QED) is 0.0231. The van der Waals surface area contributed by atoms with Gasteiger partial charge in [-0.2, -0.15) is 0 Å². The summed E-state index contributed by atoms with van der Waals surface area (Å²) in [5.74, 6) is 0.